The third-order valence-corrected chi connectivity index (χ3v) is 6.34. The van der Waals surface area contributed by atoms with E-state index in [2.05, 4.69) is 15.7 Å². The fourth-order valence-corrected chi connectivity index (χ4v) is 4.62. The Hall–Kier alpha value is -3.01. The van der Waals surface area contributed by atoms with Gasteiger partial charge in [0.25, 0.3) is 5.91 Å². The molecule has 1 aromatic carbocycles. The van der Waals surface area contributed by atoms with Gasteiger partial charge >= 0.3 is 6.03 Å². The van der Waals surface area contributed by atoms with E-state index in [4.69, 9.17) is 4.74 Å². The number of urea groups is 1. The van der Waals surface area contributed by atoms with Crippen LogP contribution in [0.3, 0.4) is 0 Å². The summed E-state index contributed by atoms with van der Waals surface area (Å²) in [5.74, 6) is -0.101. The summed E-state index contributed by atoms with van der Waals surface area (Å²) in [4.78, 5) is 41.8. The number of ether oxygens (including phenoxy) is 1. The molecule has 2 fully saturated rings. The molecule has 1 aliphatic heterocycles. The molecule has 10 heteroatoms. The molecule has 0 radical (unpaired) electrons. The first kappa shape index (κ1) is 20.3. The molecule has 1 saturated heterocycles. The highest BCUT2D eigenvalue weighted by atomic mass is 32.2. The van der Waals surface area contributed by atoms with Crippen LogP contribution < -0.4 is 15.5 Å². The maximum atomic E-state index is 12.8. The molecule has 2 heterocycles. The minimum Gasteiger partial charge on any atom is -0.497 e. The van der Waals surface area contributed by atoms with Gasteiger partial charge in [-0.3, -0.25) is 19.6 Å². The van der Waals surface area contributed by atoms with E-state index in [1.807, 2.05) is 28.8 Å². The summed E-state index contributed by atoms with van der Waals surface area (Å²) in [6.07, 6.45) is 7.47. The molecule has 1 aromatic heterocycles. The number of hydrazine groups is 1. The lowest BCUT2D eigenvalue weighted by molar-refractivity contribution is -0.139. The molecular weight excluding hydrogens is 406 g/mol. The van der Waals surface area contributed by atoms with Crippen molar-refractivity contribution in [2.45, 2.75) is 42.8 Å². The van der Waals surface area contributed by atoms with E-state index >= 15 is 0 Å². The summed E-state index contributed by atoms with van der Waals surface area (Å²) in [5, 5.41) is 4.21. The highest BCUT2D eigenvalue weighted by Crippen LogP contribution is 2.33. The Morgan fingerprint density at radius 1 is 1.30 bits per heavy atom. The number of carbonyl (C=O) groups is 3. The van der Waals surface area contributed by atoms with Crippen molar-refractivity contribution in [1.29, 1.82) is 0 Å². The molecule has 1 saturated carbocycles. The number of imide groups is 1. The normalized spacial score (nSPS) is 17.8. The Morgan fingerprint density at radius 2 is 2.10 bits per heavy atom. The topological polar surface area (TPSA) is 106 Å². The van der Waals surface area contributed by atoms with Crippen molar-refractivity contribution in [1.82, 2.24) is 25.3 Å². The fraction of sp³-hybridized carbons (Fsp3) is 0.400. The van der Waals surface area contributed by atoms with Crippen LogP contribution in [0.15, 0.2) is 41.8 Å². The predicted molar refractivity (Wildman–Crippen MR) is 110 cm³/mol. The van der Waals surface area contributed by atoms with E-state index in [9.17, 15) is 14.4 Å². The first-order valence-corrected chi connectivity index (χ1v) is 10.8. The third kappa shape index (κ3) is 3.87. The monoisotopic (exact) mass is 429 g/mol. The number of aromatic nitrogens is 2. The van der Waals surface area contributed by atoms with Crippen molar-refractivity contribution >= 4 is 29.6 Å². The van der Waals surface area contributed by atoms with Gasteiger partial charge in [0.05, 0.1) is 18.6 Å². The maximum Gasteiger partial charge on any atom is 0.344 e. The standard InChI is InChI=1S/C20H23N5O4S/c1-29-15-7-5-6-14(12-15)24-11-10-21-19(24)30-13-16(26)23-25-17(27)20(22-18(25)28)8-3-2-4-9-20/h5-7,10-12H,2-4,8-9,13H2,1H3,(H,22,28)(H,23,26). The lowest BCUT2D eigenvalue weighted by atomic mass is 9.82. The summed E-state index contributed by atoms with van der Waals surface area (Å²) in [7, 11) is 1.60. The zero-order chi connectivity index (χ0) is 21.1. The SMILES string of the molecule is COc1cccc(-n2ccnc2SCC(=O)NN2C(=O)NC3(CCCCC3)C2=O)c1. The van der Waals surface area contributed by atoms with Gasteiger partial charge < -0.3 is 10.1 Å². The number of thioether (sulfide) groups is 1. The molecule has 2 aromatic rings. The molecular formula is C20H23N5O4S. The molecule has 30 heavy (non-hydrogen) atoms. The Labute approximate surface area is 178 Å². The van der Waals surface area contributed by atoms with Gasteiger partial charge in [-0.15, -0.1) is 0 Å². The van der Waals surface area contributed by atoms with E-state index in [-0.39, 0.29) is 11.7 Å². The number of benzene rings is 1. The van der Waals surface area contributed by atoms with Crippen molar-refractivity contribution in [3.05, 3.63) is 36.7 Å². The molecule has 4 amide bonds. The molecule has 4 rings (SSSR count). The average Bonchev–Trinajstić information content (AvgIpc) is 3.32. The summed E-state index contributed by atoms with van der Waals surface area (Å²) in [6.45, 7) is 0. The number of carbonyl (C=O) groups excluding carboxylic acids is 3. The number of hydrogen-bond acceptors (Lipinski definition) is 6. The van der Waals surface area contributed by atoms with E-state index in [1.54, 1.807) is 19.5 Å². The van der Waals surface area contributed by atoms with Crippen molar-refractivity contribution in [2.75, 3.05) is 12.9 Å². The molecule has 0 bridgehead atoms. The Balaban J connectivity index is 1.39. The minimum absolute atomic E-state index is 0.00500. The molecule has 2 N–H and O–H groups in total. The molecule has 1 aliphatic carbocycles. The molecule has 2 aliphatic rings. The van der Waals surface area contributed by atoms with Crippen LogP contribution in [-0.2, 0) is 9.59 Å². The first-order valence-electron chi connectivity index (χ1n) is 9.79. The van der Waals surface area contributed by atoms with Gasteiger partial charge in [0.1, 0.15) is 11.3 Å². The number of amides is 4. The van der Waals surface area contributed by atoms with Crippen molar-refractivity contribution in [3.8, 4) is 11.4 Å². The number of nitrogens with one attached hydrogen (secondary N) is 2. The van der Waals surface area contributed by atoms with E-state index < -0.39 is 17.5 Å². The molecule has 1 spiro atoms. The van der Waals surface area contributed by atoms with E-state index in [0.29, 0.717) is 23.7 Å². The zero-order valence-electron chi connectivity index (χ0n) is 16.6. The molecule has 0 atom stereocenters. The second-order valence-electron chi connectivity index (χ2n) is 7.32. The first-order chi connectivity index (χ1) is 14.5. The summed E-state index contributed by atoms with van der Waals surface area (Å²) < 4.78 is 7.09. The van der Waals surface area contributed by atoms with E-state index in [0.717, 1.165) is 30.0 Å². The van der Waals surface area contributed by atoms with Crippen LogP contribution in [0.25, 0.3) is 5.69 Å². The van der Waals surface area contributed by atoms with Gasteiger partial charge in [-0.05, 0) is 25.0 Å². The summed E-state index contributed by atoms with van der Waals surface area (Å²) >= 11 is 1.21. The van der Waals surface area contributed by atoms with Gasteiger partial charge in [-0.25, -0.2) is 9.78 Å². The number of rotatable bonds is 6. The number of hydrogen-bond donors (Lipinski definition) is 2. The van der Waals surface area contributed by atoms with Crippen LogP contribution in [-0.4, -0.2) is 50.8 Å². The fourth-order valence-electron chi connectivity index (χ4n) is 3.86. The number of nitrogens with zero attached hydrogens (tertiary/aromatic N) is 3. The highest BCUT2D eigenvalue weighted by Gasteiger charge is 2.52. The molecule has 9 nitrogen and oxygen atoms in total. The van der Waals surface area contributed by atoms with E-state index in [1.165, 1.54) is 11.8 Å². The quantitative estimate of drug-likeness (QED) is 0.539. The highest BCUT2D eigenvalue weighted by molar-refractivity contribution is 7.99. The lowest BCUT2D eigenvalue weighted by Gasteiger charge is -2.30. The van der Waals surface area contributed by atoms with Crippen LogP contribution in [0, 0.1) is 0 Å². The second-order valence-corrected chi connectivity index (χ2v) is 8.26. The largest absolute Gasteiger partial charge is 0.497 e. The smallest absolute Gasteiger partial charge is 0.344 e. The van der Waals surface area contributed by atoms with Crippen LogP contribution in [0.1, 0.15) is 32.1 Å². The van der Waals surface area contributed by atoms with Gasteiger partial charge in [0.2, 0.25) is 5.91 Å². The molecule has 158 valence electrons. The second kappa shape index (κ2) is 8.39. The van der Waals surface area contributed by atoms with Gasteiger partial charge in [0.15, 0.2) is 5.16 Å². The number of imidazole rings is 1. The lowest BCUT2D eigenvalue weighted by Crippen LogP contribution is -2.51. The molecule has 0 unspecified atom stereocenters. The van der Waals surface area contributed by atoms with Crippen LogP contribution in [0.2, 0.25) is 0 Å². The third-order valence-electron chi connectivity index (χ3n) is 5.38. The van der Waals surface area contributed by atoms with Crippen molar-refractivity contribution in [3.63, 3.8) is 0 Å². The Bertz CT molecular complexity index is 970. The minimum atomic E-state index is -0.863. The Morgan fingerprint density at radius 3 is 2.87 bits per heavy atom. The summed E-state index contributed by atoms with van der Waals surface area (Å²) in [6, 6.07) is 6.91. The number of methoxy groups -OCH3 is 1. The zero-order valence-corrected chi connectivity index (χ0v) is 17.4. The van der Waals surface area contributed by atoms with Crippen LogP contribution in [0.4, 0.5) is 4.79 Å². The Kier molecular flexibility index (Phi) is 5.67. The van der Waals surface area contributed by atoms with Gasteiger partial charge in [-0.1, -0.05) is 37.1 Å². The maximum absolute atomic E-state index is 12.8. The van der Waals surface area contributed by atoms with Crippen LogP contribution >= 0.6 is 11.8 Å². The van der Waals surface area contributed by atoms with Gasteiger partial charge in [-0.2, -0.15) is 5.01 Å². The van der Waals surface area contributed by atoms with Crippen molar-refractivity contribution < 1.29 is 19.1 Å². The average molecular weight is 430 g/mol. The summed E-state index contributed by atoms with van der Waals surface area (Å²) in [5.41, 5.74) is 2.43. The van der Waals surface area contributed by atoms with Crippen LogP contribution in [0.5, 0.6) is 5.75 Å². The predicted octanol–water partition coefficient (Wildman–Crippen LogP) is 2.26. The van der Waals surface area contributed by atoms with Crippen molar-refractivity contribution in [2.24, 2.45) is 0 Å². The van der Waals surface area contributed by atoms with Gasteiger partial charge in [0, 0.05) is 18.5 Å².